The highest BCUT2D eigenvalue weighted by atomic mass is 15.1. The van der Waals surface area contributed by atoms with Crippen LogP contribution in [0.15, 0.2) is 194 Å². The summed E-state index contributed by atoms with van der Waals surface area (Å²) >= 11 is 0. The molecular weight excluding hydrogens is 849 g/mol. The summed E-state index contributed by atoms with van der Waals surface area (Å²) < 4.78 is 4.91. The van der Waals surface area contributed by atoms with E-state index in [4.69, 9.17) is 4.98 Å². The van der Waals surface area contributed by atoms with E-state index >= 15 is 0 Å². The van der Waals surface area contributed by atoms with E-state index in [1.54, 1.807) is 0 Å². The molecule has 0 aliphatic carbocycles. The van der Waals surface area contributed by atoms with E-state index in [-0.39, 0.29) is 0 Å². The molecule has 12 rings (SSSR count). The normalized spacial score (nSPS) is 11.6. The monoisotopic (exact) mass is 898 g/mol. The Balaban J connectivity index is 1.28. The van der Waals surface area contributed by atoms with Crippen molar-refractivity contribution in [2.24, 2.45) is 0 Å². The van der Waals surface area contributed by atoms with Crippen molar-refractivity contribution >= 4 is 43.6 Å². The average molecular weight is 899 g/mol. The van der Waals surface area contributed by atoms with Crippen molar-refractivity contribution in [2.75, 3.05) is 0 Å². The second-order valence-electron chi connectivity index (χ2n) is 19.0. The first-order valence-electron chi connectivity index (χ1n) is 24.1. The molecule has 0 aliphatic heterocycles. The summed E-state index contributed by atoms with van der Waals surface area (Å²) in [5.41, 5.74) is 24.6. The molecule has 0 saturated carbocycles. The highest BCUT2D eigenvalue weighted by Gasteiger charge is 2.25. The summed E-state index contributed by atoms with van der Waals surface area (Å²) in [6, 6.07) is 73.5. The Labute approximate surface area is 409 Å². The highest BCUT2D eigenvalue weighted by molar-refractivity contribution is 6.14. The molecule has 12 aromatic rings. The van der Waals surface area contributed by atoms with Gasteiger partial charge in [0.05, 0.1) is 45.1 Å². The summed E-state index contributed by atoms with van der Waals surface area (Å²) in [6.07, 6.45) is 0. The maximum atomic E-state index is 11.4. The Hall–Kier alpha value is -8.78. The fourth-order valence-corrected chi connectivity index (χ4v) is 11.1. The van der Waals surface area contributed by atoms with E-state index in [1.165, 1.54) is 44.5 Å². The third-order valence-corrected chi connectivity index (χ3v) is 14.5. The maximum Gasteiger partial charge on any atom is 0.0998 e. The number of benzene rings is 9. The van der Waals surface area contributed by atoms with Crippen LogP contribution in [0, 0.1) is 52.9 Å². The van der Waals surface area contributed by atoms with Crippen LogP contribution in [0.3, 0.4) is 0 Å². The van der Waals surface area contributed by atoms with Gasteiger partial charge in [-0.15, -0.1) is 0 Å². The summed E-state index contributed by atoms with van der Waals surface area (Å²) in [5.74, 6) is 0. The smallest absolute Gasteiger partial charge is 0.0998 e. The number of rotatable bonds is 7. The molecule has 0 amide bonds. The number of nitrogens with zero attached hydrogens (tertiary/aromatic N) is 4. The van der Waals surface area contributed by atoms with E-state index in [0.717, 1.165) is 99.8 Å². The number of fused-ring (bicyclic) bond motifs is 6. The summed E-state index contributed by atoms with van der Waals surface area (Å²) in [7, 11) is 0. The first kappa shape index (κ1) is 42.6. The molecule has 9 aromatic carbocycles. The van der Waals surface area contributed by atoms with Crippen LogP contribution in [0.4, 0.5) is 0 Å². The minimum atomic E-state index is 0.589. The molecule has 334 valence electrons. The fourth-order valence-electron chi connectivity index (χ4n) is 11.1. The second kappa shape index (κ2) is 16.8. The van der Waals surface area contributed by atoms with Crippen molar-refractivity contribution in [1.29, 1.82) is 5.26 Å². The van der Waals surface area contributed by atoms with Crippen molar-refractivity contribution in [1.82, 2.24) is 14.1 Å². The second-order valence-corrected chi connectivity index (χ2v) is 19.0. The molecule has 0 unspecified atom stereocenters. The molecule has 0 fully saturated rings. The van der Waals surface area contributed by atoms with Gasteiger partial charge in [0.2, 0.25) is 0 Å². The Morgan fingerprint density at radius 3 is 0.957 bits per heavy atom. The number of pyridine rings is 1. The lowest BCUT2D eigenvalue weighted by Gasteiger charge is -2.20. The average Bonchev–Trinajstić information content (AvgIpc) is 3.87. The van der Waals surface area contributed by atoms with Gasteiger partial charge in [0.15, 0.2) is 0 Å². The molecule has 0 radical (unpaired) electrons. The predicted molar refractivity (Wildman–Crippen MR) is 293 cm³/mol. The highest BCUT2D eigenvalue weighted by Crippen LogP contribution is 2.45. The van der Waals surface area contributed by atoms with E-state index in [1.807, 2.05) is 13.8 Å². The van der Waals surface area contributed by atoms with Crippen molar-refractivity contribution < 1.29 is 0 Å². The van der Waals surface area contributed by atoms with Crippen LogP contribution in [0.1, 0.15) is 39.2 Å². The maximum absolute atomic E-state index is 11.4. The Morgan fingerprint density at radius 1 is 0.329 bits per heavy atom. The lowest BCUT2D eigenvalue weighted by atomic mass is 9.97. The van der Waals surface area contributed by atoms with Crippen LogP contribution < -0.4 is 0 Å². The van der Waals surface area contributed by atoms with Crippen molar-refractivity contribution in [3.63, 3.8) is 0 Å². The van der Waals surface area contributed by atoms with Gasteiger partial charge in [-0.25, -0.2) is 0 Å². The Kier molecular flexibility index (Phi) is 10.2. The van der Waals surface area contributed by atoms with Gasteiger partial charge in [-0.1, -0.05) is 146 Å². The molecule has 0 aliphatic rings. The summed E-state index contributed by atoms with van der Waals surface area (Å²) in [6.45, 7) is 12.8. The summed E-state index contributed by atoms with van der Waals surface area (Å²) in [5, 5.41) is 16.0. The van der Waals surface area contributed by atoms with Gasteiger partial charge in [0.25, 0.3) is 0 Å². The van der Waals surface area contributed by atoms with Gasteiger partial charge < -0.3 is 9.13 Å². The lowest BCUT2D eigenvalue weighted by molar-refractivity contribution is 1.09. The third-order valence-electron chi connectivity index (χ3n) is 14.5. The van der Waals surface area contributed by atoms with Crippen LogP contribution in [0.2, 0.25) is 0 Å². The molecular formula is C66H50N4. The lowest BCUT2D eigenvalue weighted by Crippen LogP contribution is -2.06. The van der Waals surface area contributed by atoms with Gasteiger partial charge >= 0.3 is 0 Å². The molecule has 4 heteroatoms. The minimum Gasteiger partial charge on any atom is -0.307 e. The standard InChI is InChI=1S/C66H50N4/c1-40-15-7-11-19-52(40)46-23-27-56-57-28-24-47(53-20-12-8-16-41(53)2)34-62(57)69(61(56)33-46)65-37-51(39-67)60(50-31-44(5)68-45(6)32-50)38-66(65)70-63-35-48(54-21-13-9-17-42(54)3)25-29-58(63)59-30-26-49(36-64(59)70)55-22-14-10-18-43(55)4/h7-38H,1-6H3. The van der Waals surface area contributed by atoms with Gasteiger partial charge in [-0.2, -0.15) is 5.26 Å². The van der Waals surface area contributed by atoms with Gasteiger partial charge in [0, 0.05) is 38.5 Å². The van der Waals surface area contributed by atoms with Crippen LogP contribution in [0.5, 0.6) is 0 Å². The molecule has 0 saturated heterocycles. The predicted octanol–water partition coefficient (Wildman–Crippen LogP) is 17.3. The Morgan fingerprint density at radius 2 is 0.643 bits per heavy atom. The van der Waals surface area contributed by atoms with Crippen molar-refractivity contribution in [3.8, 4) is 73.1 Å². The molecule has 0 bridgehead atoms. The van der Waals surface area contributed by atoms with E-state index in [0.29, 0.717) is 5.56 Å². The van der Waals surface area contributed by atoms with E-state index in [2.05, 4.69) is 237 Å². The molecule has 3 heterocycles. The molecule has 0 spiro atoms. The number of aromatic nitrogens is 3. The minimum absolute atomic E-state index is 0.589. The molecule has 4 nitrogen and oxygen atoms in total. The van der Waals surface area contributed by atoms with Gasteiger partial charge in [-0.05, 0) is 162 Å². The number of aryl methyl sites for hydroxylation is 6. The number of nitriles is 1. The quantitative estimate of drug-likeness (QED) is 0.160. The molecule has 70 heavy (non-hydrogen) atoms. The van der Waals surface area contributed by atoms with Crippen LogP contribution >= 0.6 is 0 Å². The molecule has 3 aromatic heterocycles. The first-order chi connectivity index (χ1) is 34.1. The number of hydrogen-bond donors (Lipinski definition) is 0. The van der Waals surface area contributed by atoms with Gasteiger partial charge in [-0.3, -0.25) is 4.98 Å². The van der Waals surface area contributed by atoms with Crippen LogP contribution in [0.25, 0.3) is 111 Å². The zero-order valence-corrected chi connectivity index (χ0v) is 40.3. The fraction of sp³-hybridized carbons (Fsp3) is 0.0909. The van der Waals surface area contributed by atoms with Gasteiger partial charge in [0.1, 0.15) is 0 Å². The van der Waals surface area contributed by atoms with E-state index in [9.17, 15) is 5.26 Å². The van der Waals surface area contributed by atoms with E-state index < -0.39 is 0 Å². The van der Waals surface area contributed by atoms with Crippen LogP contribution in [-0.4, -0.2) is 14.1 Å². The zero-order chi connectivity index (χ0) is 47.8. The molecule has 0 N–H and O–H groups in total. The van der Waals surface area contributed by atoms with Crippen molar-refractivity contribution in [3.05, 3.63) is 233 Å². The van der Waals surface area contributed by atoms with Crippen molar-refractivity contribution in [2.45, 2.75) is 41.5 Å². The Bertz CT molecular complexity index is 3930. The zero-order valence-electron chi connectivity index (χ0n) is 40.3. The number of hydrogen-bond acceptors (Lipinski definition) is 2. The topological polar surface area (TPSA) is 46.5 Å². The molecule has 0 atom stereocenters. The third kappa shape index (κ3) is 7.01. The first-order valence-corrected chi connectivity index (χ1v) is 24.1. The SMILES string of the molecule is Cc1cc(-c2cc(-n3c4cc(-c5ccccc5C)ccc4c4ccc(-c5ccccc5C)cc43)c(-n3c4cc(-c5ccccc5C)ccc4c4ccc(-c5ccccc5C)cc43)cc2C#N)cc(C)n1. The van der Waals surface area contributed by atoms with Crippen LogP contribution in [-0.2, 0) is 0 Å². The largest absolute Gasteiger partial charge is 0.307 e. The summed E-state index contributed by atoms with van der Waals surface area (Å²) in [4.78, 5) is 4.77.